The van der Waals surface area contributed by atoms with Crippen molar-refractivity contribution in [2.45, 2.75) is 26.3 Å². The molecule has 0 bridgehead atoms. The van der Waals surface area contributed by atoms with E-state index < -0.39 is 0 Å². The summed E-state index contributed by atoms with van der Waals surface area (Å²) in [5, 5.41) is 0. The zero-order valence-electron chi connectivity index (χ0n) is 9.53. The summed E-state index contributed by atoms with van der Waals surface area (Å²) in [7, 11) is 0. The highest BCUT2D eigenvalue weighted by molar-refractivity contribution is 6.16. The van der Waals surface area contributed by atoms with Gasteiger partial charge in [0, 0.05) is 12.6 Å². The third kappa shape index (κ3) is 1.87. The van der Waals surface area contributed by atoms with Gasteiger partial charge in [-0.15, -0.1) is 11.6 Å². The molecule has 0 saturated carbocycles. The van der Waals surface area contributed by atoms with E-state index in [1.165, 1.54) is 0 Å². The molecule has 0 N–H and O–H groups in total. The first-order chi connectivity index (χ1) is 7.80. The van der Waals surface area contributed by atoms with Gasteiger partial charge >= 0.3 is 0 Å². The molecule has 1 aromatic heterocycles. The lowest BCUT2D eigenvalue weighted by Crippen LogP contribution is -1.98. The minimum Gasteiger partial charge on any atom is -0.494 e. The van der Waals surface area contributed by atoms with Crippen LogP contribution in [0, 0.1) is 0 Å². The second-order valence-electron chi connectivity index (χ2n) is 3.49. The van der Waals surface area contributed by atoms with Crippen LogP contribution in [-0.4, -0.2) is 16.2 Å². The number of aromatic nitrogens is 2. The maximum atomic E-state index is 5.87. The molecule has 0 radical (unpaired) electrons. The van der Waals surface area contributed by atoms with Gasteiger partial charge in [0.1, 0.15) is 11.6 Å². The molecule has 2 aromatic rings. The molecule has 16 heavy (non-hydrogen) atoms. The second kappa shape index (κ2) is 4.74. The Morgan fingerprint density at radius 3 is 2.81 bits per heavy atom. The Morgan fingerprint density at radius 2 is 2.19 bits per heavy atom. The quantitative estimate of drug-likeness (QED) is 0.765. The largest absolute Gasteiger partial charge is 0.494 e. The van der Waals surface area contributed by atoms with Crippen molar-refractivity contribution in [3.05, 3.63) is 24.0 Å². The number of alkyl halides is 1. The molecular formula is C12H15ClN2O. The maximum absolute atomic E-state index is 5.87. The summed E-state index contributed by atoms with van der Waals surface area (Å²) in [5.41, 5.74) is 2.06. The number of ether oxygens (including phenoxy) is 1. The van der Waals surface area contributed by atoms with Gasteiger partial charge in [-0.25, -0.2) is 4.98 Å². The van der Waals surface area contributed by atoms with Crippen LogP contribution in [0.15, 0.2) is 18.2 Å². The molecule has 4 heteroatoms. The predicted octanol–water partition coefficient (Wildman–Crippen LogP) is 3.19. The highest BCUT2D eigenvalue weighted by atomic mass is 35.5. The van der Waals surface area contributed by atoms with E-state index >= 15 is 0 Å². The normalized spacial score (nSPS) is 10.9. The Kier molecular flexibility index (Phi) is 3.34. The molecule has 1 heterocycles. The monoisotopic (exact) mass is 238 g/mol. The minimum atomic E-state index is 0.437. The third-order valence-corrected chi connectivity index (χ3v) is 2.78. The summed E-state index contributed by atoms with van der Waals surface area (Å²) < 4.78 is 7.57. The number of aryl methyl sites for hydroxylation is 1. The van der Waals surface area contributed by atoms with Gasteiger partial charge < -0.3 is 9.30 Å². The van der Waals surface area contributed by atoms with Gasteiger partial charge in [-0.3, -0.25) is 0 Å². The Balaban J connectivity index is 2.54. The van der Waals surface area contributed by atoms with Crippen LogP contribution in [-0.2, 0) is 12.4 Å². The average molecular weight is 239 g/mol. The zero-order valence-corrected chi connectivity index (χ0v) is 10.3. The number of fused-ring (bicyclic) bond motifs is 1. The molecule has 0 saturated heterocycles. The summed E-state index contributed by atoms with van der Waals surface area (Å²) >= 11 is 5.87. The van der Waals surface area contributed by atoms with E-state index in [-0.39, 0.29) is 0 Å². The number of benzene rings is 1. The van der Waals surface area contributed by atoms with Crippen molar-refractivity contribution in [1.29, 1.82) is 0 Å². The van der Waals surface area contributed by atoms with E-state index in [0.29, 0.717) is 12.5 Å². The fraction of sp³-hybridized carbons (Fsp3) is 0.417. The van der Waals surface area contributed by atoms with E-state index in [0.717, 1.165) is 29.2 Å². The smallest absolute Gasteiger partial charge is 0.124 e. The molecule has 3 nitrogen and oxygen atoms in total. The maximum Gasteiger partial charge on any atom is 0.124 e. The lowest BCUT2D eigenvalue weighted by atomic mass is 10.3. The van der Waals surface area contributed by atoms with E-state index in [4.69, 9.17) is 16.3 Å². The van der Waals surface area contributed by atoms with Crippen LogP contribution in [0.3, 0.4) is 0 Å². The Labute approximate surface area is 100.0 Å². The van der Waals surface area contributed by atoms with Gasteiger partial charge in [-0.1, -0.05) is 0 Å². The first kappa shape index (κ1) is 11.3. The molecule has 0 unspecified atom stereocenters. The molecule has 2 rings (SSSR count). The Morgan fingerprint density at radius 1 is 1.38 bits per heavy atom. The van der Waals surface area contributed by atoms with Crippen LogP contribution < -0.4 is 4.74 Å². The molecule has 1 aromatic carbocycles. The van der Waals surface area contributed by atoms with Gasteiger partial charge in [-0.2, -0.15) is 0 Å². The predicted molar refractivity (Wildman–Crippen MR) is 66.1 cm³/mol. The van der Waals surface area contributed by atoms with Crippen LogP contribution >= 0.6 is 11.6 Å². The first-order valence-corrected chi connectivity index (χ1v) is 6.01. The van der Waals surface area contributed by atoms with E-state index in [2.05, 4.69) is 16.5 Å². The van der Waals surface area contributed by atoms with E-state index in [9.17, 15) is 0 Å². The average Bonchev–Trinajstić information content (AvgIpc) is 2.66. The summed E-state index contributed by atoms with van der Waals surface area (Å²) in [6.07, 6.45) is 0. The van der Waals surface area contributed by atoms with Crippen molar-refractivity contribution >= 4 is 22.6 Å². The summed E-state index contributed by atoms with van der Waals surface area (Å²) in [6, 6.07) is 5.96. The summed E-state index contributed by atoms with van der Waals surface area (Å²) in [4.78, 5) is 4.50. The van der Waals surface area contributed by atoms with E-state index in [1.54, 1.807) is 0 Å². The fourth-order valence-corrected chi connectivity index (χ4v) is 2.07. The molecule has 86 valence electrons. The minimum absolute atomic E-state index is 0.437. The molecule has 0 aliphatic heterocycles. The highest BCUT2D eigenvalue weighted by Gasteiger charge is 2.09. The van der Waals surface area contributed by atoms with Gasteiger partial charge in [-0.05, 0) is 26.0 Å². The molecule has 0 aliphatic carbocycles. The van der Waals surface area contributed by atoms with Crippen LogP contribution in [0.5, 0.6) is 5.75 Å². The fourth-order valence-electron chi connectivity index (χ4n) is 1.87. The Hall–Kier alpha value is -1.22. The summed E-state index contributed by atoms with van der Waals surface area (Å²) in [5.74, 6) is 2.21. The van der Waals surface area contributed by atoms with Crippen molar-refractivity contribution in [1.82, 2.24) is 9.55 Å². The van der Waals surface area contributed by atoms with Crippen LogP contribution in [0.4, 0.5) is 0 Å². The molecule has 0 atom stereocenters. The van der Waals surface area contributed by atoms with Crippen molar-refractivity contribution < 1.29 is 4.74 Å². The SMILES string of the molecule is CCOc1ccc2c(c1)nc(CCl)n2CC. The van der Waals surface area contributed by atoms with Crippen molar-refractivity contribution in [2.24, 2.45) is 0 Å². The number of imidazole rings is 1. The molecular weight excluding hydrogens is 224 g/mol. The molecule has 0 spiro atoms. The molecule has 0 amide bonds. The van der Waals surface area contributed by atoms with Crippen LogP contribution in [0.2, 0.25) is 0 Å². The van der Waals surface area contributed by atoms with Crippen molar-refractivity contribution in [3.63, 3.8) is 0 Å². The molecule has 0 aliphatic rings. The van der Waals surface area contributed by atoms with Crippen LogP contribution in [0.1, 0.15) is 19.7 Å². The third-order valence-electron chi connectivity index (χ3n) is 2.55. The summed E-state index contributed by atoms with van der Waals surface area (Å²) in [6.45, 7) is 5.61. The van der Waals surface area contributed by atoms with E-state index in [1.807, 2.05) is 25.1 Å². The molecule has 0 fully saturated rings. The van der Waals surface area contributed by atoms with Crippen LogP contribution in [0.25, 0.3) is 11.0 Å². The lowest BCUT2D eigenvalue weighted by Gasteiger charge is -2.04. The highest BCUT2D eigenvalue weighted by Crippen LogP contribution is 2.22. The van der Waals surface area contributed by atoms with Gasteiger partial charge in [0.15, 0.2) is 0 Å². The Bertz CT molecular complexity index is 493. The standard InChI is InChI=1S/C12H15ClN2O/c1-3-15-11-6-5-9(16-4-2)7-10(11)14-12(15)8-13/h5-7H,3-4,8H2,1-2H3. The van der Waals surface area contributed by atoms with Gasteiger partial charge in [0.25, 0.3) is 0 Å². The van der Waals surface area contributed by atoms with Gasteiger partial charge in [0.05, 0.1) is 23.5 Å². The topological polar surface area (TPSA) is 27.1 Å². The lowest BCUT2D eigenvalue weighted by molar-refractivity contribution is 0.340. The number of rotatable bonds is 4. The first-order valence-electron chi connectivity index (χ1n) is 5.48. The number of hydrogen-bond donors (Lipinski definition) is 0. The van der Waals surface area contributed by atoms with Gasteiger partial charge in [0.2, 0.25) is 0 Å². The number of hydrogen-bond acceptors (Lipinski definition) is 2. The number of nitrogens with zero attached hydrogens (tertiary/aromatic N) is 2. The number of halogens is 1. The second-order valence-corrected chi connectivity index (χ2v) is 3.76. The zero-order chi connectivity index (χ0) is 11.5. The van der Waals surface area contributed by atoms with Crippen molar-refractivity contribution in [3.8, 4) is 5.75 Å². The van der Waals surface area contributed by atoms with Crippen molar-refractivity contribution in [2.75, 3.05) is 6.61 Å².